The molecule has 374 valence electrons. The van der Waals surface area contributed by atoms with Gasteiger partial charge in [-0.3, -0.25) is 4.55 Å². The Morgan fingerprint density at radius 2 is 1.32 bits per heavy atom. The van der Waals surface area contributed by atoms with Crippen molar-refractivity contribution >= 4 is 71.7 Å². The number of unbranched alkanes of at least 4 members (excludes halogenated alkanes) is 1. The Balaban J connectivity index is 1.36. The van der Waals surface area contributed by atoms with Gasteiger partial charge in [0.1, 0.15) is 11.3 Å². The third-order valence-corrected chi connectivity index (χ3v) is 17.6. The highest BCUT2D eigenvalue weighted by atomic mass is 32.2. The van der Waals surface area contributed by atoms with Crippen molar-refractivity contribution in [2.75, 3.05) is 36.0 Å². The molecule has 0 saturated heterocycles. The molecule has 1 heterocycles. The lowest BCUT2D eigenvalue weighted by Gasteiger charge is -2.29. The first-order chi connectivity index (χ1) is 34.7. The molecule has 72 heavy (non-hydrogen) atoms. The van der Waals surface area contributed by atoms with Gasteiger partial charge >= 0.3 is 0 Å². The zero-order valence-corrected chi connectivity index (χ0v) is 45.2. The molecule has 1 unspecified atom stereocenters. The number of nitrogens with zero attached hydrogens (tertiary/aromatic N) is 2. The zero-order chi connectivity index (χ0) is 51.0. The standard InChI is InChI=1S/C59H63N3O6S4/c1-7-9-21-45(8-2)40-60-71(63,64)56-27-17-16-26-53(56)57-51-30-28-46(61(58-41(3)19-18-20-42(58)4)32-34-69-48-22-12-10-13-23-48)38-54(51)68-55-39-47(29-31-52(55)57)62(33-35-70-49-24-14-11-15-25-49)59-43(5)36-50(37-44(59)6)72(65,66)67/h10-20,22-31,36-39,45,60H,7-9,21,32-35,40H2,1-6H3/p+1. The third-order valence-electron chi connectivity index (χ3n) is 13.3. The lowest BCUT2D eigenvalue weighted by molar-refractivity contribution is 0.444. The van der Waals surface area contributed by atoms with Crippen LogP contribution < -0.4 is 19.6 Å². The van der Waals surface area contributed by atoms with Gasteiger partial charge in [0.2, 0.25) is 21.1 Å². The minimum atomic E-state index is -4.46. The number of anilines is 2. The van der Waals surface area contributed by atoms with E-state index in [0.717, 1.165) is 86.4 Å². The van der Waals surface area contributed by atoms with Gasteiger partial charge in [-0.1, -0.05) is 106 Å². The number of aryl methyl sites for hydroxylation is 4. The molecule has 2 N–H and O–H groups in total. The van der Waals surface area contributed by atoms with Crippen LogP contribution >= 0.6 is 23.5 Å². The van der Waals surface area contributed by atoms with Crippen LogP contribution in [0.4, 0.5) is 17.1 Å². The predicted octanol–water partition coefficient (Wildman–Crippen LogP) is 14.0. The van der Waals surface area contributed by atoms with Gasteiger partial charge in [-0.25, -0.2) is 13.1 Å². The van der Waals surface area contributed by atoms with Crippen molar-refractivity contribution < 1.29 is 25.8 Å². The van der Waals surface area contributed by atoms with Crippen molar-refractivity contribution in [3.63, 3.8) is 0 Å². The lowest BCUT2D eigenvalue weighted by Crippen LogP contribution is -2.30. The maximum atomic E-state index is 14.6. The first kappa shape index (κ1) is 52.6. The van der Waals surface area contributed by atoms with Crippen LogP contribution in [0.15, 0.2) is 176 Å². The average molecular weight is 1040 g/mol. The highest BCUT2D eigenvalue weighted by Crippen LogP contribution is 2.44. The fourth-order valence-electron chi connectivity index (χ4n) is 9.65. The van der Waals surface area contributed by atoms with E-state index in [4.69, 9.17) is 4.42 Å². The molecule has 0 bridgehead atoms. The topological polar surface area (TPSA) is 120 Å². The van der Waals surface area contributed by atoms with Gasteiger partial charge in [0, 0.05) is 85.3 Å². The largest absolute Gasteiger partial charge is 0.456 e. The minimum Gasteiger partial charge on any atom is -0.456 e. The SMILES string of the molecule is CCCCC(CC)CNS(=O)(=O)c1ccccc1-c1c2ccc(=[N+](CCSc3ccccc3)c3c(C)cc(S(=O)(=O)O)cc3C)cc-2oc2cc(N(CCSc3ccccc3)c3c(C)cccc3C)ccc12. The number of benzene rings is 7. The number of rotatable bonds is 21. The molecular weight excluding hydrogens is 975 g/mol. The highest BCUT2D eigenvalue weighted by molar-refractivity contribution is 7.99. The molecule has 0 saturated carbocycles. The first-order valence-corrected chi connectivity index (χ1v) is 29.5. The van der Waals surface area contributed by atoms with Crippen LogP contribution in [0.1, 0.15) is 61.8 Å². The molecule has 1 aliphatic heterocycles. The number of hydrogen-bond donors (Lipinski definition) is 2. The predicted molar refractivity (Wildman–Crippen MR) is 300 cm³/mol. The van der Waals surface area contributed by atoms with Crippen molar-refractivity contribution in [2.24, 2.45) is 5.92 Å². The third kappa shape index (κ3) is 12.2. The molecule has 0 radical (unpaired) electrons. The van der Waals surface area contributed by atoms with E-state index in [-0.39, 0.29) is 15.7 Å². The van der Waals surface area contributed by atoms with E-state index in [1.54, 1.807) is 35.7 Å². The van der Waals surface area contributed by atoms with Gasteiger partial charge in [-0.2, -0.15) is 13.0 Å². The van der Waals surface area contributed by atoms with Gasteiger partial charge in [0.05, 0.1) is 21.6 Å². The van der Waals surface area contributed by atoms with Crippen molar-refractivity contribution in [1.29, 1.82) is 0 Å². The number of fused-ring (bicyclic) bond motifs is 2. The summed E-state index contributed by atoms with van der Waals surface area (Å²) in [6, 6.07) is 49.5. The summed E-state index contributed by atoms with van der Waals surface area (Å²) in [5, 5.41) is 1.56. The highest BCUT2D eigenvalue weighted by Gasteiger charge is 2.28. The van der Waals surface area contributed by atoms with Crippen LogP contribution in [0, 0.1) is 33.6 Å². The quantitative estimate of drug-likeness (QED) is 0.0314. The molecule has 2 aliphatic rings. The van der Waals surface area contributed by atoms with Gasteiger partial charge in [0.25, 0.3) is 10.1 Å². The zero-order valence-electron chi connectivity index (χ0n) is 41.9. The van der Waals surface area contributed by atoms with Crippen LogP contribution in [0.2, 0.25) is 0 Å². The summed E-state index contributed by atoms with van der Waals surface area (Å²) in [5.41, 5.74) is 9.12. The van der Waals surface area contributed by atoms with Gasteiger partial charge in [0.15, 0.2) is 6.54 Å². The number of hydrogen-bond acceptors (Lipinski definition) is 8. The maximum absolute atomic E-state index is 14.6. The van der Waals surface area contributed by atoms with E-state index in [1.807, 2.05) is 68.4 Å². The Kier molecular flexibility index (Phi) is 17.2. The minimum absolute atomic E-state index is 0.164. The number of sulfonamides is 1. The normalized spacial score (nSPS) is 12.9. The molecule has 8 rings (SSSR count). The molecule has 6 aromatic rings. The Labute approximate surface area is 434 Å². The molecule has 1 atom stereocenters. The molecule has 0 amide bonds. The Bertz CT molecular complexity index is 3410. The second-order valence-electron chi connectivity index (χ2n) is 18.4. The summed E-state index contributed by atoms with van der Waals surface area (Å²) in [7, 11) is -8.44. The fraction of sp³-hybridized carbons (Fsp3) is 0.271. The summed E-state index contributed by atoms with van der Waals surface area (Å²) in [6.45, 7) is 13.8. The van der Waals surface area contributed by atoms with Gasteiger partial charge in [-0.05, 0) is 112 Å². The first-order valence-electron chi connectivity index (χ1n) is 24.6. The smallest absolute Gasteiger partial charge is 0.294 e. The summed E-state index contributed by atoms with van der Waals surface area (Å²) in [5.74, 6) is 2.27. The molecular formula is C59H64N3O6S4+. The van der Waals surface area contributed by atoms with E-state index in [1.165, 1.54) is 17.0 Å². The monoisotopic (exact) mass is 1040 g/mol. The van der Waals surface area contributed by atoms with Crippen molar-refractivity contribution in [2.45, 2.75) is 86.8 Å². The van der Waals surface area contributed by atoms with E-state index in [9.17, 15) is 21.4 Å². The van der Waals surface area contributed by atoms with Crippen molar-refractivity contribution in [3.05, 3.63) is 179 Å². The summed E-state index contributed by atoms with van der Waals surface area (Å²) in [4.78, 5) is 4.70. The van der Waals surface area contributed by atoms with Crippen LogP contribution in [0.5, 0.6) is 0 Å². The lowest BCUT2D eigenvalue weighted by atomic mass is 9.93. The second kappa shape index (κ2) is 23.5. The Morgan fingerprint density at radius 3 is 1.96 bits per heavy atom. The molecule has 0 spiro atoms. The van der Waals surface area contributed by atoms with Crippen LogP contribution in [0.25, 0.3) is 33.4 Å². The molecule has 0 fully saturated rings. The molecule has 9 nitrogen and oxygen atoms in total. The fourth-order valence-corrected chi connectivity index (χ4v) is 13.4. The molecule has 13 heteroatoms. The summed E-state index contributed by atoms with van der Waals surface area (Å²) >= 11 is 3.52. The Hall–Kier alpha value is -5.67. The van der Waals surface area contributed by atoms with Gasteiger partial charge < -0.3 is 9.32 Å². The number of nitrogens with one attached hydrogen (secondary N) is 1. The number of para-hydroxylation sites is 1. The van der Waals surface area contributed by atoms with E-state index in [2.05, 4.69) is 115 Å². The molecule has 1 aliphatic carbocycles. The molecule has 6 aromatic carbocycles. The van der Waals surface area contributed by atoms with Crippen LogP contribution in [-0.4, -0.2) is 52.5 Å². The molecule has 0 aromatic heterocycles. The van der Waals surface area contributed by atoms with E-state index in [0.29, 0.717) is 53.4 Å². The van der Waals surface area contributed by atoms with Crippen LogP contribution in [-0.2, 0) is 20.1 Å². The summed E-state index contributed by atoms with van der Waals surface area (Å²) < 4.78 is 76.4. The number of thioether (sulfide) groups is 2. The van der Waals surface area contributed by atoms with Crippen molar-refractivity contribution in [3.8, 4) is 22.5 Å². The Morgan fingerprint density at radius 1 is 0.681 bits per heavy atom. The maximum Gasteiger partial charge on any atom is 0.294 e. The van der Waals surface area contributed by atoms with E-state index >= 15 is 0 Å². The van der Waals surface area contributed by atoms with Gasteiger partial charge in [-0.15, -0.1) is 23.5 Å². The second-order valence-corrected chi connectivity index (χ2v) is 23.8. The summed E-state index contributed by atoms with van der Waals surface area (Å²) in [6.07, 6.45) is 3.91. The average Bonchev–Trinajstić information content (AvgIpc) is 3.36. The van der Waals surface area contributed by atoms with E-state index < -0.39 is 20.1 Å². The van der Waals surface area contributed by atoms with Crippen molar-refractivity contribution in [1.82, 2.24) is 9.30 Å². The van der Waals surface area contributed by atoms with Crippen LogP contribution in [0.3, 0.4) is 0 Å².